The van der Waals surface area contributed by atoms with Crippen molar-refractivity contribution in [1.29, 1.82) is 0 Å². The van der Waals surface area contributed by atoms with Crippen LogP contribution in [0.1, 0.15) is 45.4 Å². The largest absolute Gasteiger partial charge is 0.493 e. The minimum absolute atomic E-state index is 0. The van der Waals surface area contributed by atoms with Crippen LogP contribution in [0.2, 0.25) is 0 Å². The fourth-order valence-electron chi connectivity index (χ4n) is 3.10. The van der Waals surface area contributed by atoms with E-state index in [0.29, 0.717) is 18.5 Å². The highest BCUT2D eigenvalue weighted by Gasteiger charge is 2.13. The standard InChI is InChI=1S/C20H33N3O3.HI/c1-4-25-18-12-11-16(15-19(18)24-3)23-20(21-2)22-13-8-14-26-17-9-6-5-7-10-17;/h11-12,15,17H,4-10,13-14H2,1-3H3,(H2,21,22,23);1H. The third kappa shape index (κ3) is 8.55. The molecular weight excluding hydrogens is 457 g/mol. The lowest BCUT2D eigenvalue weighted by molar-refractivity contribution is 0.0277. The predicted molar refractivity (Wildman–Crippen MR) is 122 cm³/mol. The molecule has 154 valence electrons. The molecule has 1 aliphatic rings. The number of nitrogens with zero attached hydrogens (tertiary/aromatic N) is 1. The van der Waals surface area contributed by atoms with Crippen molar-refractivity contribution in [2.24, 2.45) is 4.99 Å². The first-order valence-corrected chi connectivity index (χ1v) is 9.67. The summed E-state index contributed by atoms with van der Waals surface area (Å²) in [6.45, 7) is 4.18. The van der Waals surface area contributed by atoms with Gasteiger partial charge in [-0.3, -0.25) is 4.99 Å². The zero-order chi connectivity index (χ0) is 18.6. The summed E-state index contributed by atoms with van der Waals surface area (Å²) in [7, 11) is 3.40. The number of aliphatic imine (C=N–C) groups is 1. The van der Waals surface area contributed by atoms with Crippen LogP contribution >= 0.6 is 24.0 Å². The Balaban J connectivity index is 0.00000364. The number of hydrogen-bond acceptors (Lipinski definition) is 4. The Bertz CT molecular complexity index is 563. The fraction of sp³-hybridized carbons (Fsp3) is 0.650. The molecule has 6 nitrogen and oxygen atoms in total. The van der Waals surface area contributed by atoms with Gasteiger partial charge in [-0.25, -0.2) is 0 Å². The molecule has 1 aliphatic carbocycles. The maximum Gasteiger partial charge on any atom is 0.195 e. The molecule has 1 fully saturated rings. The van der Waals surface area contributed by atoms with Crippen molar-refractivity contribution >= 4 is 35.6 Å². The molecule has 0 heterocycles. The van der Waals surface area contributed by atoms with E-state index < -0.39 is 0 Å². The molecule has 0 aliphatic heterocycles. The second-order valence-corrected chi connectivity index (χ2v) is 6.41. The van der Waals surface area contributed by atoms with Crippen molar-refractivity contribution in [2.45, 2.75) is 51.6 Å². The zero-order valence-corrected chi connectivity index (χ0v) is 19.1. The molecular formula is C20H34IN3O3. The van der Waals surface area contributed by atoms with E-state index in [0.717, 1.165) is 37.0 Å². The Morgan fingerprint density at radius 3 is 2.63 bits per heavy atom. The molecule has 1 saturated carbocycles. The minimum atomic E-state index is 0. The van der Waals surface area contributed by atoms with E-state index in [9.17, 15) is 0 Å². The molecule has 0 saturated heterocycles. The monoisotopic (exact) mass is 491 g/mol. The van der Waals surface area contributed by atoms with Crippen LogP contribution in [-0.2, 0) is 4.74 Å². The van der Waals surface area contributed by atoms with Gasteiger partial charge in [0.15, 0.2) is 17.5 Å². The van der Waals surface area contributed by atoms with Gasteiger partial charge in [-0.15, -0.1) is 24.0 Å². The van der Waals surface area contributed by atoms with Crippen molar-refractivity contribution in [1.82, 2.24) is 5.32 Å². The SMILES string of the molecule is CCOc1ccc(NC(=NC)NCCCOC2CCCCC2)cc1OC.I. The van der Waals surface area contributed by atoms with Crippen molar-refractivity contribution in [3.8, 4) is 11.5 Å². The van der Waals surface area contributed by atoms with Gasteiger partial charge in [0.1, 0.15) is 0 Å². The highest BCUT2D eigenvalue weighted by Crippen LogP contribution is 2.30. The van der Waals surface area contributed by atoms with E-state index in [1.54, 1.807) is 14.2 Å². The summed E-state index contributed by atoms with van der Waals surface area (Å²) in [5.41, 5.74) is 0.900. The van der Waals surface area contributed by atoms with Crippen LogP contribution < -0.4 is 20.1 Å². The summed E-state index contributed by atoms with van der Waals surface area (Å²) < 4.78 is 16.9. The first-order valence-electron chi connectivity index (χ1n) is 9.67. The van der Waals surface area contributed by atoms with Crippen LogP contribution in [0.5, 0.6) is 11.5 Å². The molecule has 27 heavy (non-hydrogen) atoms. The highest BCUT2D eigenvalue weighted by atomic mass is 127. The molecule has 0 spiro atoms. The van der Waals surface area contributed by atoms with Crippen LogP contribution in [0.4, 0.5) is 5.69 Å². The number of methoxy groups -OCH3 is 1. The topological polar surface area (TPSA) is 64.1 Å². The number of rotatable bonds is 9. The first-order chi connectivity index (χ1) is 12.8. The van der Waals surface area contributed by atoms with Crippen LogP contribution in [-0.4, -0.2) is 46.0 Å². The van der Waals surface area contributed by atoms with Crippen molar-refractivity contribution in [3.05, 3.63) is 18.2 Å². The smallest absolute Gasteiger partial charge is 0.195 e. The summed E-state index contributed by atoms with van der Waals surface area (Å²) >= 11 is 0. The Labute approximate surface area is 180 Å². The van der Waals surface area contributed by atoms with Crippen molar-refractivity contribution in [3.63, 3.8) is 0 Å². The fourth-order valence-corrected chi connectivity index (χ4v) is 3.10. The Morgan fingerprint density at radius 2 is 1.96 bits per heavy atom. The summed E-state index contributed by atoms with van der Waals surface area (Å²) in [6, 6.07) is 5.76. The Kier molecular flexibility index (Phi) is 12.2. The lowest BCUT2D eigenvalue weighted by atomic mass is 9.98. The van der Waals surface area contributed by atoms with Crippen molar-refractivity contribution in [2.75, 3.05) is 39.2 Å². The molecule has 2 N–H and O–H groups in total. The normalized spacial score (nSPS) is 15.0. The second-order valence-electron chi connectivity index (χ2n) is 6.41. The number of benzene rings is 1. The molecule has 0 aromatic heterocycles. The molecule has 1 aromatic carbocycles. The Morgan fingerprint density at radius 1 is 1.19 bits per heavy atom. The van der Waals surface area contributed by atoms with Gasteiger partial charge in [-0.2, -0.15) is 0 Å². The number of anilines is 1. The van der Waals surface area contributed by atoms with Gasteiger partial charge in [0, 0.05) is 32.0 Å². The summed E-state index contributed by atoms with van der Waals surface area (Å²) in [4.78, 5) is 4.27. The molecule has 0 amide bonds. The van der Waals surface area contributed by atoms with Crippen LogP contribution in [0.25, 0.3) is 0 Å². The maximum absolute atomic E-state index is 5.95. The molecule has 0 atom stereocenters. The second kappa shape index (κ2) is 13.9. The average molecular weight is 491 g/mol. The minimum Gasteiger partial charge on any atom is -0.493 e. The predicted octanol–water partition coefficient (Wildman–Crippen LogP) is 4.44. The van der Waals surface area contributed by atoms with Crippen LogP contribution in [0, 0.1) is 0 Å². The van der Waals surface area contributed by atoms with E-state index in [4.69, 9.17) is 14.2 Å². The lowest BCUT2D eigenvalue weighted by Gasteiger charge is -2.22. The van der Waals surface area contributed by atoms with Gasteiger partial charge in [-0.1, -0.05) is 19.3 Å². The van der Waals surface area contributed by atoms with Gasteiger partial charge in [0.05, 0.1) is 19.8 Å². The quantitative estimate of drug-likeness (QED) is 0.232. The van der Waals surface area contributed by atoms with E-state index in [1.165, 1.54) is 32.1 Å². The third-order valence-electron chi connectivity index (χ3n) is 4.47. The van der Waals surface area contributed by atoms with Gasteiger partial charge < -0.3 is 24.8 Å². The van der Waals surface area contributed by atoms with E-state index in [2.05, 4.69) is 15.6 Å². The van der Waals surface area contributed by atoms with Gasteiger partial charge >= 0.3 is 0 Å². The average Bonchev–Trinajstić information content (AvgIpc) is 2.68. The number of hydrogen-bond donors (Lipinski definition) is 2. The van der Waals surface area contributed by atoms with Gasteiger partial charge in [-0.05, 0) is 38.3 Å². The van der Waals surface area contributed by atoms with Crippen LogP contribution in [0.3, 0.4) is 0 Å². The summed E-state index contributed by atoms with van der Waals surface area (Å²) in [5, 5.41) is 6.60. The number of nitrogens with one attached hydrogen (secondary N) is 2. The summed E-state index contributed by atoms with van der Waals surface area (Å²) in [5.74, 6) is 2.17. The van der Waals surface area contributed by atoms with Gasteiger partial charge in [0.2, 0.25) is 0 Å². The number of halogens is 1. The third-order valence-corrected chi connectivity index (χ3v) is 4.47. The lowest BCUT2D eigenvalue weighted by Crippen LogP contribution is -2.32. The molecule has 0 radical (unpaired) electrons. The Hall–Kier alpha value is -1.22. The zero-order valence-electron chi connectivity index (χ0n) is 16.8. The molecule has 0 bridgehead atoms. The highest BCUT2D eigenvalue weighted by molar-refractivity contribution is 14.0. The van der Waals surface area contributed by atoms with E-state index in [1.807, 2.05) is 25.1 Å². The summed E-state index contributed by atoms with van der Waals surface area (Å²) in [6.07, 6.45) is 7.85. The molecule has 1 aromatic rings. The van der Waals surface area contributed by atoms with Crippen LogP contribution in [0.15, 0.2) is 23.2 Å². The van der Waals surface area contributed by atoms with Gasteiger partial charge in [0.25, 0.3) is 0 Å². The number of ether oxygens (including phenoxy) is 3. The molecule has 0 unspecified atom stereocenters. The maximum atomic E-state index is 5.95. The van der Waals surface area contributed by atoms with E-state index >= 15 is 0 Å². The van der Waals surface area contributed by atoms with Crippen molar-refractivity contribution < 1.29 is 14.2 Å². The first kappa shape index (κ1) is 23.8. The molecule has 7 heteroatoms. The van der Waals surface area contributed by atoms with E-state index in [-0.39, 0.29) is 24.0 Å². The molecule has 2 rings (SSSR count). The number of guanidine groups is 1.